The van der Waals surface area contributed by atoms with Gasteiger partial charge in [0.1, 0.15) is 5.76 Å². The average molecular weight is 361 g/mol. The van der Waals surface area contributed by atoms with Gasteiger partial charge in [0.2, 0.25) is 5.91 Å². The summed E-state index contributed by atoms with van der Waals surface area (Å²) >= 11 is 1.17. The standard InChI is InChI=1S/C15H15N5O4S/c1-20-13(11-5-3-7-24-11)18-19-15(20)25-9-12(21)17-14(22)16-8-10-4-2-6-23-10/h2-7H,8-9H2,1H3,(H2,16,17,21,22). The summed E-state index contributed by atoms with van der Waals surface area (Å²) in [6.07, 6.45) is 3.06. The molecule has 3 aromatic heterocycles. The van der Waals surface area contributed by atoms with Crippen molar-refractivity contribution in [3.8, 4) is 11.6 Å². The maximum Gasteiger partial charge on any atom is 0.321 e. The number of nitrogens with one attached hydrogen (secondary N) is 2. The van der Waals surface area contributed by atoms with Gasteiger partial charge in [-0.25, -0.2) is 4.79 Å². The van der Waals surface area contributed by atoms with Crippen LogP contribution in [0.4, 0.5) is 4.79 Å². The van der Waals surface area contributed by atoms with Crippen molar-refractivity contribution in [2.75, 3.05) is 5.75 Å². The zero-order valence-electron chi connectivity index (χ0n) is 13.3. The molecule has 3 amide bonds. The quantitative estimate of drug-likeness (QED) is 0.643. The van der Waals surface area contributed by atoms with Crippen molar-refractivity contribution in [2.24, 2.45) is 7.05 Å². The van der Waals surface area contributed by atoms with E-state index in [1.807, 2.05) is 0 Å². The number of imide groups is 1. The molecule has 0 aliphatic carbocycles. The van der Waals surface area contributed by atoms with Crippen molar-refractivity contribution in [3.05, 3.63) is 42.6 Å². The van der Waals surface area contributed by atoms with Crippen molar-refractivity contribution < 1.29 is 18.4 Å². The van der Waals surface area contributed by atoms with Crippen LogP contribution in [0, 0.1) is 0 Å². The fraction of sp³-hybridized carbons (Fsp3) is 0.200. The van der Waals surface area contributed by atoms with E-state index in [-0.39, 0.29) is 12.3 Å². The van der Waals surface area contributed by atoms with Crippen LogP contribution in [0.1, 0.15) is 5.76 Å². The van der Waals surface area contributed by atoms with E-state index in [2.05, 4.69) is 20.8 Å². The molecule has 10 heteroatoms. The minimum Gasteiger partial charge on any atom is -0.467 e. The highest BCUT2D eigenvalue weighted by molar-refractivity contribution is 7.99. The number of thioether (sulfide) groups is 1. The van der Waals surface area contributed by atoms with E-state index in [1.165, 1.54) is 18.0 Å². The van der Waals surface area contributed by atoms with Gasteiger partial charge in [-0.1, -0.05) is 11.8 Å². The third kappa shape index (κ3) is 4.29. The van der Waals surface area contributed by atoms with E-state index in [4.69, 9.17) is 8.83 Å². The van der Waals surface area contributed by atoms with Crippen LogP contribution in [0.2, 0.25) is 0 Å². The molecule has 0 saturated heterocycles. The van der Waals surface area contributed by atoms with Crippen LogP contribution >= 0.6 is 11.8 Å². The first-order chi connectivity index (χ1) is 12.1. The first kappa shape index (κ1) is 16.8. The molecule has 0 aromatic carbocycles. The number of furan rings is 2. The number of nitrogens with zero attached hydrogens (tertiary/aromatic N) is 3. The van der Waals surface area contributed by atoms with Crippen LogP contribution < -0.4 is 10.6 Å². The molecule has 0 aliphatic rings. The number of aromatic nitrogens is 3. The predicted molar refractivity (Wildman–Crippen MR) is 88.5 cm³/mol. The fourth-order valence-electron chi connectivity index (χ4n) is 1.98. The molecule has 3 heterocycles. The van der Waals surface area contributed by atoms with Gasteiger partial charge >= 0.3 is 6.03 Å². The van der Waals surface area contributed by atoms with Gasteiger partial charge in [-0.2, -0.15) is 0 Å². The molecule has 130 valence electrons. The van der Waals surface area contributed by atoms with E-state index in [0.717, 1.165) is 0 Å². The van der Waals surface area contributed by atoms with Gasteiger partial charge in [-0.15, -0.1) is 10.2 Å². The monoisotopic (exact) mass is 361 g/mol. The van der Waals surface area contributed by atoms with Gasteiger partial charge in [0.15, 0.2) is 16.7 Å². The third-order valence-electron chi connectivity index (χ3n) is 3.17. The summed E-state index contributed by atoms with van der Waals surface area (Å²) in [6.45, 7) is 0.203. The molecule has 0 fully saturated rings. The van der Waals surface area contributed by atoms with Gasteiger partial charge in [0, 0.05) is 7.05 Å². The third-order valence-corrected chi connectivity index (χ3v) is 4.19. The molecular weight excluding hydrogens is 346 g/mol. The topological polar surface area (TPSA) is 115 Å². The minimum absolute atomic E-state index is 0.0261. The normalized spacial score (nSPS) is 10.6. The number of amides is 3. The van der Waals surface area contributed by atoms with Crippen molar-refractivity contribution >= 4 is 23.7 Å². The predicted octanol–water partition coefficient (Wildman–Crippen LogP) is 1.79. The molecule has 0 saturated carbocycles. The summed E-state index contributed by atoms with van der Waals surface area (Å²) < 4.78 is 12.1. The van der Waals surface area contributed by atoms with E-state index >= 15 is 0 Å². The van der Waals surface area contributed by atoms with E-state index in [0.29, 0.717) is 22.5 Å². The highest BCUT2D eigenvalue weighted by Gasteiger charge is 2.15. The van der Waals surface area contributed by atoms with Gasteiger partial charge in [-0.3, -0.25) is 10.1 Å². The molecule has 9 nitrogen and oxygen atoms in total. The van der Waals surface area contributed by atoms with Gasteiger partial charge in [0.05, 0.1) is 24.8 Å². The molecule has 25 heavy (non-hydrogen) atoms. The summed E-state index contributed by atoms with van der Waals surface area (Å²) in [5.74, 6) is 1.33. The lowest BCUT2D eigenvalue weighted by Crippen LogP contribution is -2.39. The van der Waals surface area contributed by atoms with Crippen LogP contribution in [0.3, 0.4) is 0 Å². The highest BCUT2D eigenvalue weighted by atomic mass is 32.2. The summed E-state index contributed by atoms with van der Waals surface area (Å²) in [6, 6.07) is 6.38. The lowest BCUT2D eigenvalue weighted by Gasteiger charge is -2.05. The summed E-state index contributed by atoms with van der Waals surface area (Å²) in [5.41, 5.74) is 0. The molecule has 3 rings (SSSR count). The first-order valence-corrected chi connectivity index (χ1v) is 8.28. The minimum atomic E-state index is -0.587. The zero-order valence-corrected chi connectivity index (χ0v) is 14.1. The Labute approximate surface area is 146 Å². The zero-order chi connectivity index (χ0) is 17.6. The lowest BCUT2D eigenvalue weighted by molar-refractivity contribution is -0.117. The Morgan fingerprint density at radius 2 is 2.00 bits per heavy atom. The number of carbonyl (C=O) groups is 2. The van der Waals surface area contributed by atoms with Crippen molar-refractivity contribution in [3.63, 3.8) is 0 Å². The SMILES string of the molecule is Cn1c(SCC(=O)NC(=O)NCc2ccco2)nnc1-c1ccco1. The first-order valence-electron chi connectivity index (χ1n) is 7.29. The second kappa shape index (κ2) is 7.71. The molecule has 0 atom stereocenters. The summed E-state index contributed by atoms with van der Waals surface area (Å²) in [7, 11) is 1.77. The second-order valence-corrected chi connectivity index (χ2v) is 5.88. The van der Waals surface area contributed by atoms with Crippen molar-refractivity contribution in [1.29, 1.82) is 0 Å². The molecule has 3 aromatic rings. The number of hydrogen-bond donors (Lipinski definition) is 2. The Bertz CT molecular complexity index is 842. The van der Waals surface area contributed by atoms with Gasteiger partial charge < -0.3 is 18.7 Å². The lowest BCUT2D eigenvalue weighted by atomic mass is 10.4. The van der Waals surface area contributed by atoms with Crippen LogP contribution in [-0.4, -0.2) is 32.5 Å². The maximum atomic E-state index is 11.8. The highest BCUT2D eigenvalue weighted by Crippen LogP contribution is 2.22. The van der Waals surface area contributed by atoms with Crippen molar-refractivity contribution in [1.82, 2.24) is 25.4 Å². The molecule has 0 unspecified atom stereocenters. The number of rotatable bonds is 6. The Morgan fingerprint density at radius 3 is 2.72 bits per heavy atom. The second-order valence-electron chi connectivity index (χ2n) is 4.94. The largest absolute Gasteiger partial charge is 0.467 e. The molecule has 2 N–H and O–H groups in total. The Kier molecular flexibility index (Phi) is 5.19. The van der Waals surface area contributed by atoms with Crippen LogP contribution in [0.5, 0.6) is 0 Å². The van der Waals surface area contributed by atoms with Crippen LogP contribution in [-0.2, 0) is 18.4 Å². The number of hydrogen-bond acceptors (Lipinski definition) is 7. The van der Waals surface area contributed by atoms with Crippen LogP contribution in [0.15, 0.2) is 50.8 Å². The van der Waals surface area contributed by atoms with Crippen LogP contribution in [0.25, 0.3) is 11.6 Å². The van der Waals surface area contributed by atoms with E-state index in [9.17, 15) is 9.59 Å². The Hall–Kier alpha value is -3.01. The van der Waals surface area contributed by atoms with Gasteiger partial charge in [0.25, 0.3) is 0 Å². The smallest absolute Gasteiger partial charge is 0.321 e. The summed E-state index contributed by atoms with van der Waals surface area (Å²) in [4.78, 5) is 23.5. The fourth-order valence-corrected chi connectivity index (χ4v) is 2.69. The molecule has 0 aliphatic heterocycles. The molecule has 0 bridgehead atoms. The molecule has 0 radical (unpaired) electrons. The van der Waals surface area contributed by atoms with Crippen molar-refractivity contribution in [2.45, 2.75) is 11.7 Å². The Morgan fingerprint density at radius 1 is 1.20 bits per heavy atom. The molecular formula is C15H15N5O4S. The number of urea groups is 1. The summed E-state index contributed by atoms with van der Waals surface area (Å²) in [5, 5.41) is 13.4. The Balaban J connectivity index is 1.47. The molecule has 0 spiro atoms. The average Bonchev–Trinajstić information content (AvgIpc) is 3.33. The number of carbonyl (C=O) groups excluding carboxylic acids is 2. The van der Waals surface area contributed by atoms with E-state index in [1.54, 1.807) is 42.1 Å². The van der Waals surface area contributed by atoms with E-state index < -0.39 is 11.9 Å². The van der Waals surface area contributed by atoms with Gasteiger partial charge in [-0.05, 0) is 24.3 Å². The maximum absolute atomic E-state index is 11.8.